The normalized spacial score (nSPS) is 15.1. The van der Waals surface area contributed by atoms with Crippen LogP contribution in [0.2, 0.25) is 0 Å². The first kappa shape index (κ1) is 21.0. The first-order valence-electron chi connectivity index (χ1n) is 10.2. The predicted molar refractivity (Wildman–Crippen MR) is 117 cm³/mol. The van der Waals surface area contributed by atoms with E-state index in [9.17, 15) is 13.2 Å². The standard InChI is InChI=1S/C20H25N5O3S2/c1-2-10-25-17-6-5-15(30(27,28)24-11-3-4-12-24)14-16(17)22-18(25)7-8-19(26)23-20-21-9-13-29-20/h5-6,9,13-14H,2-4,7-8,10-12H2,1H3,(H,21,23,26). The van der Waals surface area contributed by atoms with Crippen LogP contribution >= 0.6 is 11.3 Å². The van der Waals surface area contributed by atoms with E-state index in [0.29, 0.717) is 30.2 Å². The fourth-order valence-corrected chi connectivity index (χ4v) is 5.84. The first-order valence-corrected chi connectivity index (χ1v) is 12.5. The summed E-state index contributed by atoms with van der Waals surface area (Å²) in [4.78, 5) is 21.3. The van der Waals surface area contributed by atoms with Crippen LogP contribution in [0.3, 0.4) is 0 Å². The van der Waals surface area contributed by atoms with Gasteiger partial charge in [-0.3, -0.25) is 4.79 Å². The quantitative estimate of drug-likeness (QED) is 0.572. The molecule has 0 aliphatic carbocycles. The Bertz CT molecular complexity index is 1130. The Morgan fingerprint density at radius 1 is 1.27 bits per heavy atom. The van der Waals surface area contributed by atoms with Crippen LogP contribution < -0.4 is 5.32 Å². The van der Waals surface area contributed by atoms with E-state index in [-0.39, 0.29) is 17.2 Å². The SMILES string of the molecule is CCCn1c(CCC(=O)Nc2nccs2)nc2cc(S(=O)(=O)N3CCCC3)ccc21. The van der Waals surface area contributed by atoms with Gasteiger partial charge in [-0.2, -0.15) is 4.31 Å². The average Bonchev–Trinajstić information content (AvgIpc) is 3.48. The highest BCUT2D eigenvalue weighted by Crippen LogP contribution is 2.26. The van der Waals surface area contributed by atoms with Gasteiger partial charge in [0.1, 0.15) is 5.82 Å². The number of nitrogens with one attached hydrogen (secondary N) is 1. The van der Waals surface area contributed by atoms with Crippen molar-refractivity contribution >= 4 is 43.4 Å². The molecule has 0 spiro atoms. The molecule has 0 saturated carbocycles. The molecule has 30 heavy (non-hydrogen) atoms. The minimum atomic E-state index is -3.49. The van der Waals surface area contributed by atoms with Gasteiger partial charge in [0.05, 0.1) is 15.9 Å². The number of aromatic nitrogens is 3. The second kappa shape index (κ2) is 8.83. The van der Waals surface area contributed by atoms with Crippen LogP contribution in [0.25, 0.3) is 11.0 Å². The number of thiazole rings is 1. The smallest absolute Gasteiger partial charge is 0.243 e. The molecule has 1 aliphatic heterocycles. The van der Waals surface area contributed by atoms with Gasteiger partial charge in [0.15, 0.2) is 5.13 Å². The summed E-state index contributed by atoms with van der Waals surface area (Å²) in [7, 11) is -3.49. The molecule has 2 aromatic heterocycles. The number of nitrogens with zero attached hydrogens (tertiary/aromatic N) is 4. The van der Waals surface area contributed by atoms with E-state index in [4.69, 9.17) is 0 Å². The van der Waals surface area contributed by atoms with Gasteiger partial charge < -0.3 is 9.88 Å². The van der Waals surface area contributed by atoms with E-state index in [1.165, 1.54) is 11.3 Å². The topological polar surface area (TPSA) is 97.2 Å². The molecule has 3 heterocycles. The zero-order chi connectivity index (χ0) is 21.1. The summed E-state index contributed by atoms with van der Waals surface area (Å²) in [6, 6.07) is 5.16. The van der Waals surface area contributed by atoms with Crippen LogP contribution in [-0.4, -0.2) is 46.3 Å². The van der Waals surface area contributed by atoms with Crippen LogP contribution in [-0.2, 0) is 27.8 Å². The maximum absolute atomic E-state index is 12.9. The number of benzene rings is 1. The lowest BCUT2D eigenvalue weighted by Crippen LogP contribution is -2.27. The minimum Gasteiger partial charge on any atom is -0.328 e. The summed E-state index contributed by atoms with van der Waals surface area (Å²) in [6.07, 6.45) is 5.12. The predicted octanol–water partition coefficient (Wildman–Crippen LogP) is 3.26. The maximum atomic E-state index is 12.9. The molecule has 0 atom stereocenters. The van der Waals surface area contributed by atoms with Crippen molar-refractivity contribution in [3.8, 4) is 0 Å². The molecule has 0 radical (unpaired) electrons. The molecule has 3 aromatic rings. The van der Waals surface area contributed by atoms with Gasteiger partial charge in [-0.25, -0.2) is 18.4 Å². The summed E-state index contributed by atoms with van der Waals surface area (Å²) >= 11 is 1.38. The number of hydrogen-bond acceptors (Lipinski definition) is 6. The van der Waals surface area contributed by atoms with Crippen molar-refractivity contribution < 1.29 is 13.2 Å². The number of anilines is 1. The number of fused-ring (bicyclic) bond motifs is 1. The van der Waals surface area contributed by atoms with Crippen LogP contribution in [0.5, 0.6) is 0 Å². The third-order valence-electron chi connectivity index (χ3n) is 5.20. The van der Waals surface area contributed by atoms with E-state index in [2.05, 4.69) is 26.8 Å². The average molecular weight is 448 g/mol. The summed E-state index contributed by atoms with van der Waals surface area (Å²) in [6.45, 7) is 3.99. The van der Waals surface area contributed by atoms with Crippen LogP contribution in [0.4, 0.5) is 5.13 Å². The number of imidazole rings is 1. The summed E-state index contributed by atoms with van der Waals surface area (Å²) in [5, 5.41) is 5.18. The summed E-state index contributed by atoms with van der Waals surface area (Å²) in [5.41, 5.74) is 1.55. The number of carbonyl (C=O) groups is 1. The lowest BCUT2D eigenvalue weighted by Gasteiger charge is -2.15. The second-order valence-corrected chi connectivity index (χ2v) is 10.2. The van der Waals surface area contributed by atoms with E-state index >= 15 is 0 Å². The molecule has 1 amide bonds. The minimum absolute atomic E-state index is 0.114. The van der Waals surface area contributed by atoms with Crippen molar-refractivity contribution in [2.75, 3.05) is 18.4 Å². The van der Waals surface area contributed by atoms with E-state index < -0.39 is 10.0 Å². The third-order valence-corrected chi connectivity index (χ3v) is 7.79. The number of sulfonamides is 1. The lowest BCUT2D eigenvalue weighted by molar-refractivity contribution is -0.116. The zero-order valence-corrected chi connectivity index (χ0v) is 18.5. The maximum Gasteiger partial charge on any atom is 0.243 e. The Labute approximate surface area is 180 Å². The van der Waals surface area contributed by atoms with Gasteiger partial charge in [-0.05, 0) is 37.5 Å². The molecule has 160 valence electrons. The third kappa shape index (κ3) is 4.26. The molecule has 1 aliphatic rings. The monoisotopic (exact) mass is 447 g/mol. The largest absolute Gasteiger partial charge is 0.328 e. The van der Waals surface area contributed by atoms with Gasteiger partial charge in [-0.1, -0.05) is 6.92 Å². The van der Waals surface area contributed by atoms with Crippen molar-refractivity contribution in [1.82, 2.24) is 18.8 Å². The van der Waals surface area contributed by atoms with Gasteiger partial charge >= 0.3 is 0 Å². The molecule has 1 fully saturated rings. The fourth-order valence-electron chi connectivity index (χ4n) is 3.75. The van der Waals surface area contributed by atoms with Gasteiger partial charge in [-0.15, -0.1) is 11.3 Å². The Balaban J connectivity index is 1.58. The Morgan fingerprint density at radius 3 is 2.77 bits per heavy atom. The molecule has 0 bridgehead atoms. The summed E-state index contributed by atoms with van der Waals surface area (Å²) < 4.78 is 29.4. The highest BCUT2D eigenvalue weighted by atomic mass is 32.2. The second-order valence-electron chi connectivity index (χ2n) is 7.33. The van der Waals surface area contributed by atoms with Crippen LogP contribution in [0.15, 0.2) is 34.7 Å². The van der Waals surface area contributed by atoms with Crippen molar-refractivity contribution in [2.45, 2.75) is 50.5 Å². The molecule has 0 unspecified atom stereocenters. The molecule has 1 N–H and O–H groups in total. The number of rotatable bonds is 8. The van der Waals surface area contributed by atoms with Crippen LogP contribution in [0, 0.1) is 0 Å². The van der Waals surface area contributed by atoms with Crippen molar-refractivity contribution in [2.24, 2.45) is 0 Å². The summed E-state index contributed by atoms with van der Waals surface area (Å²) in [5.74, 6) is 0.675. The van der Waals surface area contributed by atoms with Crippen molar-refractivity contribution in [3.05, 3.63) is 35.6 Å². The van der Waals surface area contributed by atoms with Crippen molar-refractivity contribution in [3.63, 3.8) is 0 Å². The Kier molecular flexibility index (Phi) is 6.16. The molecular formula is C20H25N5O3S2. The van der Waals surface area contributed by atoms with Gasteiger partial charge in [0.2, 0.25) is 15.9 Å². The lowest BCUT2D eigenvalue weighted by atomic mass is 10.2. The Hall–Kier alpha value is -2.30. The van der Waals surface area contributed by atoms with Crippen molar-refractivity contribution in [1.29, 1.82) is 0 Å². The zero-order valence-electron chi connectivity index (χ0n) is 16.9. The highest BCUT2D eigenvalue weighted by Gasteiger charge is 2.27. The van der Waals surface area contributed by atoms with E-state index in [0.717, 1.165) is 37.1 Å². The molecule has 10 heteroatoms. The molecule has 1 aromatic carbocycles. The van der Waals surface area contributed by atoms with Gasteiger partial charge in [0, 0.05) is 44.1 Å². The molecule has 4 rings (SSSR count). The highest BCUT2D eigenvalue weighted by molar-refractivity contribution is 7.89. The van der Waals surface area contributed by atoms with Crippen LogP contribution in [0.1, 0.15) is 38.4 Å². The van der Waals surface area contributed by atoms with Gasteiger partial charge in [0.25, 0.3) is 0 Å². The first-order chi connectivity index (χ1) is 14.5. The van der Waals surface area contributed by atoms with E-state index in [1.807, 2.05) is 11.4 Å². The number of amides is 1. The van der Waals surface area contributed by atoms with E-state index in [1.54, 1.807) is 22.6 Å². The fraction of sp³-hybridized carbons (Fsp3) is 0.450. The Morgan fingerprint density at radius 2 is 2.07 bits per heavy atom. The number of carbonyl (C=O) groups excluding carboxylic acids is 1. The molecule has 8 nitrogen and oxygen atoms in total. The molecule has 1 saturated heterocycles. The number of hydrogen-bond donors (Lipinski definition) is 1. The molecular weight excluding hydrogens is 422 g/mol. The number of aryl methyl sites for hydroxylation is 2.